The van der Waals surface area contributed by atoms with Gasteiger partial charge in [0.25, 0.3) is 0 Å². The minimum Gasteiger partial charge on any atom is -0.493 e. The van der Waals surface area contributed by atoms with Crippen LogP contribution < -0.4 is 9.47 Å². The quantitative estimate of drug-likeness (QED) is 0.651. The van der Waals surface area contributed by atoms with Crippen molar-refractivity contribution in [2.24, 2.45) is 11.1 Å². The zero-order valence-corrected chi connectivity index (χ0v) is 16.1. The monoisotopic (exact) mass is 370 g/mol. The van der Waals surface area contributed by atoms with Crippen LogP contribution in [0.15, 0.2) is 28.6 Å². The van der Waals surface area contributed by atoms with Crippen LogP contribution in [0.3, 0.4) is 0 Å². The molecule has 1 aromatic rings. The summed E-state index contributed by atoms with van der Waals surface area (Å²) in [6, 6.07) is 4.16. The number of hydrogen-bond donors (Lipinski definition) is 1. The Morgan fingerprint density at radius 2 is 1.93 bits per heavy atom. The Hall–Kier alpha value is -2.50. The predicted octanol–water partition coefficient (Wildman–Crippen LogP) is 3.48. The van der Waals surface area contributed by atoms with E-state index in [-0.39, 0.29) is 17.7 Å². The first-order chi connectivity index (χ1) is 13.1. The minimum atomic E-state index is -0.0343. The summed E-state index contributed by atoms with van der Waals surface area (Å²) in [6.45, 7) is 2.94. The van der Waals surface area contributed by atoms with Crippen LogP contribution in [-0.4, -0.2) is 42.4 Å². The van der Waals surface area contributed by atoms with Crippen LogP contribution in [0.1, 0.15) is 49.8 Å². The second-order valence-electron chi connectivity index (χ2n) is 7.39. The van der Waals surface area contributed by atoms with Gasteiger partial charge in [-0.2, -0.15) is 0 Å². The molecule has 2 aliphatic heterocycles. The molecule has 0 aromatic heterocycles. The number of nitrogens with zero attached hydrogens (tertiary/aromatic N) is 2. The van der Waals surface area contributed by atoms with Gasteiger partial charge in [0, 0.05) is 24.6 Å². The molecule has 1 N–H and O–H groups in total. The van der Waals surface area contributed by atoms with Crippen LogP contribution in [0.4, 0.5) is 0 Å². The fourth-order valence-electron chi connectivity index (χ4n) is 4.99. The smallest absolute Gasteiger partial charge is 0.166 e. The number of methoxy groups -OCH3 is 2. The molecule has 1 aromatic carbocycles. The summed E-state index contributed by atoms with van der Waals surface area (Å²) in [4.78, 5) is 15.0. The molecular weight excluding hydrogens is 344 g/mol. The minimum absolute atomic E-state index is 0.0343. The van der Waals surface area contributed by atoms with E-state index in [0.717, 1.165) is 43.7 Å². The number of ketones is 1. The van der Waals surface area contributed by atoms with E-state index in [1.54, 1.807) is 14.2 Å². The van der Waals surface area contributed by atoms with Gasteiger partial charge in [-0.25, -0.2) is 0 Å². The van der Waals surface area contributed by atoms with Gasteiger partial charge in [0.05, 0.1) is 31.5 Å². The highest BCUT2D eigenvalue weighted by atomic mass is 16.5. The maximum absolute atomic E-state index is 12.7. The van der Waals surface area contributed by atoms with Crippen molar-refractivity contribution in [2.45, 2.75) is 45.1 Å². The molecule has 6 heteroatoms. The van der Waals surface area contributed by atoms with Gasteiger partial charge in [-0.15, -0.1) is 0 Å². The molecule has 3 aliphatic rings. The number of oxime groups is 1. The van der Waals surface area contributed by atoms with Crippen molar-refractivity contribution in [3.63, 3.8) is 0 Å². The van der Waals surface area contributed by atoms with E-state index in [1.807, 2.05) is 0 Å². The summed E-state index contributed by atoms with van der Waals surface area (Å²) in [5.41, 5.74) is 4.68. The largest absolute Gasteiger partial charge is 0.493 e. The van der Waals surface area contributed by atoms with Crippen molar-refractivity contribution in [3.8, 4) is 11.5 Å². The molecule has 27 heavy (non-hydrogen) atoms. The highest BCUT2D eigenvalue weighted by Crippen LogP contribution is 2.49. The van der Waals surface area contributed by atoms with Gasteiger partial charge in [-0.1, -0.05) is 12.1 Å². The normalized spacial score (nSPS) is 25.8. The molecule has 2 heterocycles. The van der Waals surface area contributed by atoms with E-state index in [4.69, 9.17) is 9.47 Å². The topological polar surface area (TPSA) is 71.4 Å². The molecule has 0 radical (unpaired) electrons. The molecule has 2 atom stereocenters. The predicted molar refractivity (Wildman–Crippen MR) is 102 cm³/mol. The van der Waals surface area contributed by atoms with E-state index >= 15 is 0 Å². The first-order valence-electron chi connectivity index (χ1n) is 9.64. The van der Waals surface area contributed by atoms with Gasteiger partial charge >= 0.3 is 0 Å². The van der Waals surface area contributed by atoms with Crippen molar-refractivity contribution in [1.29, 1.82) is 0 Å². The Kier molecular flexibility index (Phi) is 4.58. The Balaban J connectivity index is 1.91. The molecule has 0 amide bonds. The molecule has 0 spiro atoms. The van der Waals surface area contributed by atoms with Gasteiger partial charge in [-0.3, -0.25) is 4.79 Å². The molecule has 0 bridgehead atoms. The van der Waals surface area contributed by atoms with Crippen molar-refractivity contribution < 1.29 is 19.5 Å². The summed E-state index contributed by atoms with van der Waals surface area (Å²) >= 11 is 0. The molecule has 2 unspecified atom stereocenters. The summed E-state index contributed by atoms with van der Waals surface area (Å²) in [7, 11) is 3.29. The number of hydrogen-bond acceptors (Lipinski definition) is 6. The summed E-state index contributed by atoms with van der Waals surface area (Å²) in [6.07, 6.45) is 3.93. The first kappa shape index (κ1) is 17.9. The fraction of sp³-hybridized carbons (Fsp3) is 0.524. The second kappa shape index (κ2) is 6.91. The standard InChI is InChI=1S/C21H26N2O4/c1-4-13-20(22-25)19-15(6-5-7-16(19)24)23-9-8-12-10-17(26-2)18(27-3)11-14(12)21(13)23/h10-11,13,21,25H,4-9H2,1-3H3/b22-20+. The molecule has 0 fully saturated rings. The van der Waals surface area contributed by atoms with Crippen LogP contribution >= 0.6 is 0 Å². The lowest BCUT2D eigenvalue weighted by Gasteiger charge is -2.49. The molecular formula is C21H26N2O4. The van der Waals surface area contributed by atoms with E-state index in [9.17, 15) is 10.0 Å². The lowest BCUT2D eigenvalue weighted by Crippen LogP contribution is -2.48. The number of allylic oxidation sites excluding steroid dienone is 2. The van der Waals surface area contributed by atoms with Crippen molar-refractivity contribution in [3.05, 3.63) is 34.5 Å². The van der Waals surface area contributed by atoms with Gasteiger partial charge in [0.15, 0.2) is 17.3 Å². The highest BCUT2D eigenvalue weighted by Gasteiger charge is 2.46. The Morgan fingerprint density at radius 3 is 2.59 bits per heavy atom. The Labute approximate surface area is 159 Å². The van der Waals surface area contributed by atoms with Crippen molar-refractivity contribution in [1.82, 2.24) is 4.90 Å². The van der Waals surface area contributed by atoms with Crippen LogP contribution in [-0.2, 0) is 11.2 Å². The molecule has 4 rings (SSSR count). The number of rotatable bonds is 3. The van der Waals surface area contributed by atoms with Crippen molar-refractivity contribution in [2.75, 3.05) is 20.8 Å². The summed E-state index contributed by atoms with van der Waals surface area (Å²) in [5.74, 6) is 1.51. The third-order valence-corrected chi connectivity index (χ3v) is 6.19. The average molecular weight is 370 g/mol. The molecule has 0 saturated heterocycles. The summed E-state index contributed by atoms with van der Waals surface area (Å²) < 4.78 is 11.0. The maximum atomic E-state index is 12.7. The molecule has 1 aliphatic carbocycles. The van der Waals surface area contributed by atoms with Crippen LogP contribution in [0.5, 0.6) is 11.5 Å². The van der Waals surface area contributed by atoms with Crippen molar-refractivity contribution >= 4 is 11.5 Å². The third-order valence-electron chi connectivity index (χ3n) is 6.19. The zero-order valence-electron chi connectivity index (χ0n) is 16.1. The first-order valence-corrected chi connectivity index (χ1v) is 9.64. The van der Waals surface area contributed by atoms with E-state index < -0.39 is 0 Å². The third kappa shape index (κ3) is 2.61. The number of ether oxygens (including phenoxy) is 2. The number of Topliss-reactive ketones (excluding diaryl/α,β-unsaturated/α-hetero) is 1. The lowest BCUT2D eigenvalue weighted by molar-refractivity contribution is -0.116. The van der Waals surface area contributed by atoms with Crippen LogP contribution in [0, 0.1) is 5.92 Å². The van der Waals surface area contributed by atoms with Gasteiger partial charge in [-0.05, 0) is 48.9 Å². The number of benzene rings is 1. The SMILES string of the molecule is CCC1/C(=N\O)C2=C(CCCC2=O)N2CCc3cc(OC)c(OC)cc3C12. The van der Waals surface area contributed by atoms with Gasteiger partial charge < -0.3 is 19.6 Å². The van der Waals surface area contributed by atoms with E-state index in [1.165, 1.54) is 11.1 Å². The summed E-state index contributed by atoms with van der Waals surface area (Å²) in [5, 5.41) is 13.4. The Morgan fingerprint density at radius 1 is 1.19 bits per heavy atom. The number of carbonyl (C=O) groups excluding carboxylic acids is 1. The lowest BCUT2D eigenvalue weighted by atomic mass is 9.72. The maximum Gasteiger partial charge on any atom is 0.166 e. The molecule has 144 valence electrons. The van der Waals surface area contributed by atoms with Gasteiger partial charge in [0.1, 0.15) is 0 Å². The Bertz CT molecular complexity index is 843. The van der Waals surface area contributed by atoms with Gasteiger partial charge in [0.2, 0.25) is 0 Å². The van der Waals surface area contributed by atoms with E-state index in [2.05, 4.69) is 29.1 Å². The molecule has 0 saturated carbocycles. The zero-order chi connectivity index (χ0) is 19.1. The van der Waals surface area contributed by atoms with Crippen LogP contribution in [0.25, 0.3) is 0 Å². The second-order valence-corrected chi connectivity index (χ2v) is 7.39. The average Bonchev–Trinajstić information content (AvgIpc) is 2.71. The number of fused-ring (bicyclic) bond motifs is 4. The molecule has 6 nitrogen and oxygen atoms in total. The highest BCUT2D eigenvalue weighted by molar-refractivity contribution is 6.24. The fourth-order valence-corrected chi connectivity index (χ4v) is 4.99. The number of carbonyl (C=O) groups is 1. The van der Waals surface area contributed by atoms with E-state index in [0.29, 0.717) is 23.5 Å². The van der Waals surface area contributed by atoms with Crippen LogP contribution in [0.2, 0.25) is 0 Å².